The van der Waals surface area contributed by atoms with Crippen LogP contribution in [0.25, 0.3) is 0 Å². The summed E-state index contributed by atoms with van der Waals surface area (Å²) >= 11 is 0. The number of methoxy groups -OCH3 is 6. The van der Waals surface area contributed by atoms with Gasteiger partial charge in [-0.05, 0) is 0 Å². The van der Waals surface area contributed by atoms with Crippen LogP contribution in [0.2, 0.25) is 0 Å². The second-order valence-corrected chi connectivity index (χ2v) is 8.31. The van der Waals surface area contributed by atoms with E-state index in [1.165, 1.54) is 21.3 Å². The molecule has 0 unspecified atom stereocenters. The van der Waals surface area contributed by atoms with Gasteiger partial charge in [0.05, 0.1) is 50.5 Å². The summed E-state index contributed by atoms with van der Waals surface area (Å²) in [6, 6.07) is 0. The zero-order valence-electron chi connectivity index (χ0n) is 23.0. The Balaban J connectivity index is 0. The summed E-state index contributed by atoms with van der Waals surface area (Å²) in [5, 5.41) is 16.9. The minimum atomic E-state index is -1.34. The number of rotatable bonds is 21. The lowest BCUT2D eigenvalue weighted by atomic mass is 9.92. The Hall–Kier alpha value is -2.40. The molecule has 0 saturated heterocycles. The molecule has 0 aromatic rings. The highest BCUT2D eigenvalue weighted by molar-refractivity contribution is 5.90. The summed E-state index contributed by atoms with van der Waals surface area (Å²) in [5.74, 6) is -3.82. The molecule has 0 heterocycles. The van der Waals surface area contributed by atoms with Crippen LogP contribution < -0.4 is 0 Å². The Morgan fingerprint density at radius 1 is 0.526 bits per heavy atom. The predicted molar refractivity (Wildman–Crippen MR) is 128 cm³/mol. The van der Waals surface area contributed by atoms with Crippen molar-refractivity contribution in [1.29, 1.82) is 0 Å². The number of carboxylic acids is 1. The van der Waals surface area contributed by atoms with Crippen LogP contribution in [0.3, 0.4) is 0 Å². The van der Waals surface area contributed by atoms with E-state index >= 15 is 0 Å². The first-order chi connectivity index (χ1) is 18.0. The molecule has 224 valence electrons. The number of carbonyl (C=O) groups excluding carboxylic acids is 3. The zero-order valence-corrected chi connectivity index (χ0v) is 23.0. The normalized spacial score (nSPS) is 11.2. The molecule has 0 rings (SSSR count). The van der Waals surface area contributed by atoms with Crippen LogP contribution >= 0.6 is 0 Å². The van der Waals surface area contributed by atoms with E-state index in [9.17, 15) is 19.2 Å². The van der Waals surface area contributed by atoms with Gasteiger partial charge in [0.2, 0.25) is 0 Å². The fourth-order valence-electron chi connectivity index (χ4n) is 3.21. The van der Waals surface area contributed by atoms with Crippen molar-refractivity contribution in [3.63, 3.8) is 0 Å². The van der Waals surface area contributed by atoms with Gasteiger partial charge in [-0.15, -0.1) is 0 Å². The Bertz CT molecular complexity index is 633. The van der Waals surface area contributed by atoms with Gasteiger partial charge in [0, 0.05) is 42.7 Å². The van der Waals surface area contributed by atoms with Crippen molar-refractivity contribution in [3.05, 3.63) is 0 Å². The topological polar surface area (TPSA) is 192 Å². The van der Waals surface area contributed by atoms with Crippen LogP contribution in [0.15, 0.2) is 0 Å². The third-order valence-corrected chi connectivity index (χ3v) is 4.56. The third kappa shape index (κ3) is 18.0. The highest BCUT2D eigenvalue weighted by Crippen LogP contribution is 2.20. The molecular weight excluding hydrogens is 516 g/mol. The molecule has 0 saturated carbocycles. The van der Waals surface area contributed by atoms with Crippen LogP contribution in [-0.4, -0.2) is 143 Å². The molecule has 0 amide bonds. The van der Waals surface area contributed by atoms with Crippen molar-refractivity contribution in [2.75, 3.05) is 109 Å². The van der Waals surface area contributed by atoms with E-state index in [4.69, 9.17) is 48.1 Å². The number of ether oxygens (including phenoxy) is 9. The number of aliphatic carboxylic acids is 1. The van der Waals surface area contributed by atoms with Gasteiger partial charge in [-0.3, -0.25) is 9.59 Å². The third-order valence-electron chi connectivity index (χ3n) is 4.56. The lowest BCUT2D eigenvalue weighted by Gasteiger charge is -2.30. The zero-order chi connectivity index (χ0) is 29.5. The molecule has 0 aromatic heterocycles. The summed E-state index contributed by atoms with van der Waals surface area (Å²) in [6.07, 6.45) is -0.811. The van der Waals surface area contributed by atoms with E-state index in [1.807, 2.05) is 0 Å². The minimum absolute atomic E-state index is 0.0577. The standard InChI is InChI=1S/C13H22O9.C10H20O6/c1-18-6-13(7-19-2,8-20-3)9-22-12(17)5-21-11(16)4-10(14)15;1-13-5-10(6-14-2,7-15-3)8-16-9(12)4-11/h4-9H2,1-3H3,(H,14,15);11H,4-8H2,1-3H3. The van der Waals surface area contributed by atoms with Crippen LogP contribution in [0.5, 0.6) is 0 Å². The molecule has 15 nitrogen and oxygen atoms in total. The van der Waals surface area contributed by atoms with E-state index in [2.05, 4.69) is 4.74 Å². The molecule has 0 atom stereocenters. The van der Waals surface area contributed by atoms with Gasteiger partial charge in [0.25, 0.3) is 0 Å². The van der Waals surface area contributed by atoms with Gasteiger partial charge in [0.15, 0.2) is 6.61 Å². The van der Waals surface area contributed by atoms with Crippen molar-refractivity contribution in [3.8, 4) is 0 Å². The smallest absolute Gasteiger partial charge is 0.344 e. The van der Waals surface area contributed by atoms with Gasteiger partial charge in [-0.1, -0.05) is 0 Å². The molecule has 0 aliphatic rings. The number of carboxylic acid groups (broad SMARTS) is 1. The lowest BCUT2D eigenvalue weighted by molar-refractivity contribution is -0.166. The fraction of sp³-hybridized carbons (Fsp3) is 0.826. The summed E-state index contributed by atoms with van der Waals surface area (Å²) in [7, 11) is 9.14. The maximum Gasteiger partial charge on any atom is 0.344 e. The summed E-state index contributed by atoms with van der Waals surface area (Å²) < 4.78 is 44.8. The van der Waals surface area contributed by atoms with Crippen LogP contribution in [0, 0.1) is 10.8 Å². The summed E-state index contributed by atoms with van der Waals surface area (Å²) in [4.78, 5) is 43.7. The van der Waals surface area contributed by atoms with Gasteiger partial charge in [-0.2, -0.15) is 0 Å². The molecule has 0 bridgehead atoms. The number of aliphatic hydroxyl groups is 1. The molecule has 0 aromatic carbocycles. The Labute approximate surface area is 222 Å². The minimum Gasteiger partial charge on any atom is -0.481 e. The van der Waals surface area contributed by atoms with E-state index in [0.717, 1.165) is 0 Å². The van der Waals surface area contributed by atoms with Gasteiger partial charge < -0.3 is 52.8 Å². The summed E-state index contributed by atoms with van der Waals surface area (Å²) in [5.41, 5.74) is -1.22. The number of carbonyl (C=O) groups is 4. The van der Waals surface area contributed by atoms with Crippen molar-refractivity contribution < 1.29 is 72.0 Å². The molecule has 0 radical (unpaired) electrons. The average molecular weight is 559 g/mol. The second kappa shape index (κ2) is 22.6. The Morgan fingerprint density at radius 3 is 1.16 bits per heavy atom. The van der Waals surface area contributed by atoms with Gasteiger partial charge in [0.1, 0.15) is 26.2 Å². The Kier molecular flexibility index (Phi) is 22.4. The largest absolute Gasteiger partial charge is 0.481 e. The highest BCUT2D eigenvalue weighted by Gasteiger charge is 2.33. The van der Waals surface area contributed by atoms with Crippen LogP contribution in [-0.2, 0) is 61.8 Å². The summed E-state index contributed by atoms with van der Waals surface area (Å²) in [6.45, 7) is 0.467. The SMILES string of the molecule is COCC(COC)(COC)COC(=O)CO.COCC(COC)(COC)COC(=O)COC(=O)CC(=O)O. The highest BCUT2D eigenvalue weighted by atomic mass is 16.6. The van der Waals surface area contributed by atoms with E-state index in [-0.39, 0.29) is 33.0 Å². The number of hydrogen-bond donors (Lipinski definition) is 2. The molecule has 0 spiro atoms. The predicted octanol–water partition coefficient (Wildman–Crippen LogP) is -1.08. The number of esters is 3. The lowest BCUT2D eigenvalue weighted by Crippen LogP contribution is -2.41. The fourth-order valence-corrected chi connectivity index (χ4v) is 3.21. The first-order valence-corrected chi connectivity index (χ1v) is 11.3. The molecule has 0 aliphatic heterocycles. The van der Waals surface area contributed by atoms with Gasteiger partial charge >= 0.3 is 23.9 Å². The van der Waals surface area contributed by atoms with Crippen LogP contribution in [0.4, 0.5) is 0 Å². The van der Waals surface area contributed by atoms with Crippen molar-refractivity contribution in [2.24, 2.45) is 10.8 Å². The number of hydrogen-bond acceptors (Lipinski definition) is 14. The number of aliphatic hydroxyl groups excluding tert-OH is 1. The van der Waals surface area contributed by atoms with Crippen molar-refractivity contribution in [1.82, 2.24) is 0 Å². The molecule has 38 heavy (non-hydrogen) atoms. The maximum absolute atomic E-state index is 11.5. The Morgan fingerprint density at radius 2 is 0.868 bits per heavy atom. The van der Waals surface area contributed by atoms with E-state index in [1.54, 1.807) is 21.3 Å². The first kappa shape index (κ1) is 37.8. The quantitative estimate of drug-likeness (QED) is 0.0981. The molecule has 0 fully saturated rings. The van der Waals surface area contributed by atoms with Crippen molar-refractivity contribution in [2.45, 2.75) is 6.42 Å². The van der Waals surface area contributed by atoms with Gasteiger partial charge in [-0.25, -0.2) is 9.59 Å². The average Bonchev–Trinajstić information content (AvgIpc) is 2.86. The van der Waals surface area contributed by atoms with Crippen molar-refractivity contribution >= 4 is 23.9 Å². The van der Waals surface area contributed by atoms with E-state index < -0.39 is 54.3 Å². The first-order valence-electron chi connectivity index (χ1n) is 11.3. The molecule has 2 N–H and O–H groups in total. The maximum atomic E-state index is 11.5. The molecular formula is C23H42O15. The second-order valence-electron chi connectivity index (χ2n) is 8.31. The van der Waals surface area contributed by atoms with Crippen LogP contribution in [0.1, 0.15) is 6.42 Å². The molecule has 0 aliphatic carbocycles. The monoisotopic (exact) mass is 558 g/mol. The van der Waals surface area contributed by atoms with E-state index in [0.29, 0.717) is 19.8 Å². The molecule has 15 heteroatoms.